The Balaban J connectivity index is 1.22. The van der Waals surface area contributed by atoms with E-state index in [2.05, 4.69) is 32.8 Å². The highest BCUT2D eigenvalue weighted by Gasteiger charge is 2.49. The van der Waals surface area contributed by atoms with Gasteiger partial charge in [-0.3, -0.25) is 13.7 Å². The predicted octanol–water partition coefficient (Wildman–Crippen LogP) is -6.16. The van der Waals surface area contributed by atoms with Gasteiger partial charge in [0.2, 0.25) is 0 Å². The first kappa shape index (κ1) is 36.4. The van der Waals surface area contributed by atoms with Gasteiger partial charge >= 0.3 is 0 Å². The van der Waals surface area contributed by atoms with Crippen LogP contribution in [0.1, 0.15) is 22.8 Å². The number of hydrogen-bond acceptors (Lipinski definition) is 22. The number of aliphatic hydroxyl groups is 3. The third kappa shape index (κ3) is 8.12. The van der Waals surface area contributed by atoms with Crippen LogP contribution in [0, 0.1) is 0 Å². The molecule has 0 aliphatic carbocycles. The van der Waals surface area contributed by atoms with E-state index in [1.54, 1.807) is 0 Å². The van der Waals surface area contributed by atoms with Crippen molar-refractivity contribution in [1.29, 1.82) is 0 Å². The number of carbonyl (C=O) groups is 1. The number of anilines is 1. The number of imidazole rings is 1. The minimum absolute atomic E-state index is 0.0264. The molecule has 0 spiro atoms. The summed E-state index contributed by atoms with van der Waals surface area (Å²) in [4.78, 5) is 70.2. The quantitative estimate of drug-likeness (QED) is 0.0935. The van der Waals surface area contributed by atoms with Gasteiger partial charge in [0.05, 0.1) is 38.9 Å². The molecule has 5 N–H and O–H groups in total. The summed E-state index contributed by atoms with van der Waals surface area (Å²) < 4.78 is 66.4. The van der Waals surface area contributed by atoms with Crippen LogP contribution in [0.2, 0.25) is 0 Å². The SMILES string of the molecule is Nc1ncnc2c1ncn2[C@@H]1O[C@H](COP(=O)([O-])OP(=O)([O-])OC[C@H]2O[C@@H]([n+]3cccc(C(=O)[O-])c3)[C@H](O)[C@@H]2O)[C@@H](OP(=O)([O-])[O-])[C@H]1O. The number of ether oxygens (including phenoxy) is 2. The van der Waals surface area contributed by atoms with E-state index in [0.717, 1.165) is 28.0 Å². The lowest BCUT2D eigenvalue weighted by Gasteiger charge is -2.35. The van der Waals surface area contributed by atoms with E-state index < -0.39 is 91.7 Å². The van der Waals surface area contributed by atoms with Crippen molar-refractivity contribution in [3.8, 4) is 0 Å². The van der Waals surface area contributed by atoms with Crippen molar-refractivity contribution in [2.75, 3.05) is 18.9 Å². The number of pyridine rings is 1. The molecule has 2 saturated heterocycles. The van der Waals surface area contributed by atoms with Crippen molar-refractivity contribution in [3.05, 3.63) is 42.7 Å². The number of hydrogen-bond donors (Lipinski definition) is 4. The molecule has 0 bridgehead atoms. The highest BCUT2D eigenvalue weighted by molar-refractivity contribution is 7.59. The van der Waals surface area contributed by atoms with Crippen LogP contribution in [0.25, 0.3) is 11.2 Å². The minimum atomic E-state index is -5.92. The van der Waals surface area contributed by atoms with E-state index in [0.29, 0.717) is 0 Å². The lowest BCUT2D eigenvalue weighted by molar-refractivity contribution is -0.765. The van der Waals surface area contributed by atoms with Crippen molar-refractivity contribution in [2.24, 2.45) is 0 Å². The molecule has 2 unspecified atom stereocenters. The second kappa shape index (κ2) is 13.8. The van der Waals surface area contributed by atoms with Gasteiger partial charge in [-0.2, -0.15) is 4.57 Å². The van der Waals surface area contributed by atoms with Crippen LogP contribution in [0.5, 0.6) is 0 Å². The summed E-state index contributed by atoms with van der Waals surface area (Å²) in [7, 11) is -17.6. The third-order valence-corrected chi connectivity index (χ3v) is 9.94. The third-order valence-electron chi connectivity index (χ3n) is 6.90. The minimum Gasteiger partial charge on any atom is -0.790 e. The van der Waals surface area contributed by atoms with Gasteiger partial charge in [-0.25, -0.2) is 19.3 Å². The largest absolute Gasteiger partial charge is 0.790 e. The van der Waals surface area contributed by atoms with Crippen LogP contribution in [0.3, 0.4) is 0 Å². The van der Waals surface area contributed by atoms with Gasteiger partial charge in [0.25, 0.3) is 21.9 Å². The predicted molar refractivity (Wildman–Crippen MR) is 137 cm³/mol. The van der Waals surface area contributed by atoms with E-state index in [4.69, 9.17) is 15.2 Å². The summed E-state index contributed by atoms with van der Waals surface area (Å²) in [5.74, 6) is -1.64. The number of rotatable bonds is 13. The molecular weight excluding hydrogens is 717 g/mol. The molecule has 10 atom stereocenters. The average Bonchev–Trinajstić information content (AvgIpc) is 3.64. The second-order valence-electron chi connectivity index (χ2n) is 10.1. The number of carbonyl (C=O) groups excluding carboxylic acids is 1. The molecule has 2 fully saturated rings. The van der Waals surface area contributed by atoms with E-state index in [9.17, 15) is 58.5 Å². The molecule has 5 rings (SSSR count). The molecule has 3 aromatic rings. The Morgan fingerprint density at radius 2 is 1.65 bits per heavy atom. The number of carboxylic acid groups (broad SMARTS) is 1. The maximum absolute atomic E-state index is 12.4. The summed E-state index contributed by atoms with van der Waals surface area (Å²) in [5, 5.41) is 42.5. The molecule has 48 heavy (non-hydrogen) atoms. The number of phosphoric acid groups is 3. The smallest absolute Gasteiger partial charge is 0.292 e. The number of nitrogen functional groups attached to an aromatic ring is 1. The number of carboxylic acids is 1. The Bertz CT molecular complexity index is 1810. The maximum atomic E-state index is 12.4. The number of fused-ring (bicyclic) bond motifs is 1. The van der Waals surface area contributed by atoms with Gasteiger partial charge in [0, 0.05) is 6.07 Å². The number of phosphoric ester groups is 3. The Labute approximate surface area is 267 Å². The van der Waals surface area contributed by atoms with Gasteiger partial charge in [0.1, 0.15) is 42.4 Å². The van der Waals surface area contributed by atoms with E-state index in [1.165, 1.54) is 18.3 Å². The zero-order valence-corrected chi connectivity index (χ0v) is 26.3. The lowest BCUT2D eigenvalue weighted by Crippen LogP contribution is -2.46. The molecule has 27 heteroatoms. The molecule has 2 aliphatic heterocycles. The van der Waals surface area contributed by atoms with Crippen LogP contribution in [0.15, 0.2) is 37.2 Å². The highest BCUT2D eigenvalue weighted by Crippen LogP contribution is 2.56. The first-order valence-corrected chi connectivity index (χ1v) is 17.6. The van der Waals surface area contributed by atoms with Crippen molar-refractivity contribution < 1.29 is 90.4 Å². The first-order valence-electron chi connectivity index (χ1n) is 13.2. The van der Waals surface area contributed by atoms with Gasteiger partial charge in [-0.05, 0) is 6.07 Å². The zero-order chi connectivity index (χ0) is 35.2. The van der Waals surface area contributed by atoms with Crippen molar-refractivity contribution in [2.45, 2.75) is 49.1 Å². The van der Waals surface area contributed by atoms with E-state index in [-0.39, 0.29) is 22.5 Å². The monoisotopic (exact) mass is 740 g/mol. The van der Waals surface area contributed by atoms with E-state index >= 15 is 0 Å². The Morgan fingerprint density at radius 3 is 2.29 bits per heavy atom. The fourth-order valence-corrected chi connectivity index (χ4v) is 7.38. The summed E-state index contributed by atoms with van der Waals surface area (Å²) in [6, 6.07) is 2.43. The summed E-state index contributed by atoms with van der Waals surface area (Å²) in [6.45, 7) is -2.38. The number of aromatic nitrogens is 5. The Kier molecular flexibility index (Phi) is 10.5. The molecule has 5 heterocycles. The fourth-order valence-electron chi connectivity index (χ4n) is 4.80. The normalized spacial score (nSPS) is 30.3. The molecule has 24 nitrogen and oxygen atoms in total. The van der Waals surface area contributed by atoms with Crippen molar-refractivity contribution in [1.82, 2.24) is 19.5 Å². The average molecular weight is 740 g/mol. The van der Waals surface area contributed by atoms with Crippen LogP contribution in [-0.4, -0.2) is 90.6 Å². The molecule has 0 radical (unpaired) electrons. The van der Waals surface area contributed by atoms with E-state index in [1.807, 2.05) is 0 Å². The van der Waals surface area contributed by atoms with Gasteiger partial charge in [0.15, 0.2) is 36.2 Å². The summed E-state index contributed by atoms with van der Waals surface area (Å²) >= 11 is 0. The van der Waals surface area contributed by atoms with Crippen LogP contribution in [-0.2, 0) is 41.1 Å². The van der Waals surface area contributed by atoms with Crippen LogP contribution >= 0.6 is 23.5 Å². The second-order valence-corrected chi connectivity index (χ2v) is 14.2. The zero-order valence-electron chi connectivity index (χ0n) is 23.6. The molecule has 0 amide bonds. The Morgan fingerprint density at radius 1 is 0.979 bits per heavy atom. The number of aliphatic hydroxyl groups excluding tert-OH is 3. The molecule has 0 saturated carbocycles. The summed E-state index contributed by atoms with van der Waals surface area (Å²) in [6.07, 6.45) is -9.80. The highest BCUT2D eigenvalue weighted by atomic mass is 31.3. The first-order chi connectivity index (χ1) is 22.4. The molecular formula is C21H23N6O18P3-4. The molecule has 0 aromatic carbocycles. The molecule has 2 aliphatic rings. The van der Waals surface area contributed by atoms with Crippen LogP contribution in [0.4, 0.5) is 5.82 Å². The van der Waals surface area contributed by atoms with Gasteiger partial charge < -0.3 is 78.1 Å². The molecule has 3 aromatic heterocycles. The molecule has 264 valence electrons. The van der Waals surface area contributed by atoms with Crippen LogP contribution < -0.4 is 35.0 Å². The van der Waals surface area contributed by atoms with Gasteiger partial charge in [-0.15, -0.1) is 0 Å². The number of nitrogens with zero attached hydrogens (tertiary/aromatic N) is 5. The summed E-state index contributed by atoms with van der Waals surface area (Å²) in [5.41, 5.74) is 5.41. The lowest BCUT2D eigenvalue weighted by atomic mass is 10.1. The van der Waals surface area contributed by atoms with Gasteiger partial charge in [-0.1, -0.05) is 0 Å². The maximum Gasteiger partial charge on any atom is 0.292 e. The fraction of sp³-hybridized carbons (Fsp3) is 0.476. The number of aromatic carboxylic acids is 1. The van der Waals surface area contributed by atoms with Crippen molar-refractivity contribution in [3.63, 3.8) is 0 Å². The Hall–Kier alpha value is -2.86. The number of nitrogens with two attached hydrogens (primary N) is 1. The standard InChI is InChI=1S/C21H27N6O18P3/c22-17-12-18(24-7-23-17)27(8-25-12)20-15(30)16(44-46(33,34)35)11(43-20)6-41-48(38,39)45-47(36,37)40-5-10-13(28)14(29)19(42-10)26-3-1-2-9(4-26)21(31)32/h1-4,7-8,10-11,13-16,19-20,28-30H,5-6H2,(H6-,22,23,24,31,32,33,34,35,36,37,38,39)/p-4/t10-,11-,13-,14-,15-,16-,19-,20-/m1/s1. The van der Waals surface area contributed by atoms with Crippen molar-refractivity contribution >= 4 is 46.4 Å². The topological polar surface area (TPSA) is 373 Å².